The zero-order valence-electron chi connectivity index (χ0n) is 19.8. The molecule has 11 heteroatoms. The van der Waals surface area contributed by atoms with Crippen molar-refractivity contribution in [3.05, 3.63) is 41.6 Å². The molecule has 9 nitrogen and oxygen atoms in total. The second-order valence-corrected chi connectivity index (χ2v) is 11.3. The van der Waals surface area contributed by atoms with Gasteiger partial charge in [-0.3, -0.25) is 4.90 Å². The summed E-state index contributed by atoms with van der Waals surface area (Å²) in [5, 5.41) is 2.96. The zero-order valence-corrected chi connectivity index (χ0v) is 20.7. The lowest BCUT2D eigenvalue weighted by atomic mass is 10.1. The predicted molar refractivity (Wildman–Crippen MR) is 125 cm³/mol. The van der Waals surface area contributed by atoms with Crippen LogP contribution in [0.25, 0.3) is 0 Å². The molecule has 1 aliphatic carbocycles. The van der Waals surface area contributed by atoms with Gasteiger partial charge in [-0.05, 0) is 51.8 Å². The molecule has 1 N–H and O–H groups in total. The minimum absolute atomic E-state index is 0.0627. The van der Waals surface area contributed by atoms with E-state index in [1.165, 1.54) is 18.5 Å². The van der Waals surface area contributed by atoms with Crippen LogP contribution in [0.15, 0.2) is 29.4 Å². The molecule has 2 heterocycles. The Morgan fingerprint density at radius 2 is 2.00 bits per heavy atom. The number of halogens is 1. The predicted octanol–water partition coefficient (Wildman–Crippen LogP) is 3.27. The quantitative estimate of drug-likeness (QED) is 0.657. The maximum atomic E-state index is 14.5. The molecule has 4 rings (SSSR count). The van der Waals surface area contributed by atoms with Gasteiger partial charge in [0.25, 0.3) is 0 Å². The number of carbonyl (C=O) groups excluding carboxylic acids is 1. The van der Waals surface area contributed by atoms with Crippen molar-refractivity contribution in [2.24, 2.45) is 0 Å². The molecule has 1 aliphatic heterocycles. The van der Waals surface area contributed by atoms with E-state index in [4.69, 9.17) is 4.74 Å². The topological polar surface area (TPSA) is 105 Å². The molecule has 184 valence electrons. The third-order valence-corrected chi connectivity index (χ3v) is 7.48. The summed E-state index contributed by atoms with van der Waals surface area (Å²) in [5.74, 6) is -0.219. The van der Waals surface area contributed by atoms with Crippen LogP contribution >= 0.6 is 0 Å². The van der Waals surface area contributed by atoms with Gasteiger partial charge in [0.1, 0.15) is 18.0 Å². The van der Waals surface area contributed by atoms with Crippen LogP contribution in [0.3, 0.4) is 0 Å². The second-order valence-electron chi connectivity index (χ2n) is 9.33. The van der Waals surface area contributed by atoms with Gasteiger partial charge in [0, 0.05) is 43.5 Å². The summed E-state index contributed by atoms with van der Waals surface area (Å²) in [4.78, 5) is 25.1. The minimum atomic E-state index is -3.50. The molecule has 1 aromatic heterocycles. The smallest absolute Gasteiger partial charge is 0.410 e. The first-order valence-corrected chi connectivity index (χ1v) is 13.2. The summed E-state index contributed by atoms with van der Waals surface area (Å²) in [5.41, 5.74) is 1.67. The molecule has 1 amide bonds. The second kappa shape index (κ2) is 9.10. The van der Waals surface area contributed by atoms with Crippen LogP contribution in [-0.2, 0) is 21.1 Å². The Morgan fingerprint density at radius 3 is 2.62 bits per heavy atom. The van der Waals surface area contributed by atoms with Gasteiger partial charge in [0.05, 0.1) is 22.4 Å². The van der Waals surface area contributed by atoms with Gasteiger partial charge in [-0.15, -0.1) is 0 Å². The monoisotopic (exact) mass is 491 g/mol. The average Bonchev–Trinajstić information content (AvgIpc) is 3.52. The van der Waals surface area contributed by atoms with Gasteiger partial charge >= 0.3 is 6.09 Å². The number of anilines is 2. The fourth-order valence-corrected chi connectivity index (χ4v) is 4.85. The molecular formula is C23H30FN5O4S. The molecule has 0 unspecified atom stereocenters. The fraction of sp³-hybridized carbons (Fsp3) is 0.522. The highest BCUT2D eigenvalue weighted by atomic mass is 32.2. The van der Waals surface area contributed by atoms with Gasteiger partial charge in [0.2, 0.25) is 0 Å². The molecule has 0 atom stereocenters. The molecule has 2 aliphatic rings. The van der Waals surface area contributed by atoms with Crippen molar-refractivity contribution in [2.75, 3.05) is 31.2 Å². The molecule has 2 fully saturated rings. The van der Waals surface area contributed by atoms with Crippen molar-refractivity contribution < 1.29 is 22.3 Å². The van der Waals surface area contributed by atoms with E-state index in [9.17, 15) is 17.6 Å². The number of piperazine rings is 1. The third-order valence-electron chi connectivity index (χ3n) is 6.37. The average molecular weight is 492 g/mol. The first-order valence-electron chi connectivity index (χ1n) is 11.3. The van der Waals surface area contributed by atoms with E-state index < -0.39 is 15.7 Å². The Bertz CT molecular complexity index is 1200. The number of amides is 1. The normalized spacial score (nSPS) is 17.8. The van der Waals surface area contributed by atoms with E-state index in [-0.39, 0.29) is 28.3 Å². The van der Waals surface area contributed by atoms with Crippen LogP contribution < -0.4 is 5.32 Å². The summed E-state index contributed by atoms with van der Waals surface area (Å²) in [6.45, 7) is 8.07. The number of aromatic nitrogens is 2. The number of rotatable bonds is 6. The maximum absolute atomic E-state index is 14.5. The highest BCUT2D eigenvalue weighted by Gasteiger charge is 2.52. The van der Waals surface area contributed by atoms with Gasteiger partial charge in [-0.25, -0.2) is 27.6 Å². The summed E-state index contributed by atoms with van der Waals surface area (Å²) >= 11 is 0. The lowest BCUT2D eigenvalue weighted by Crippen LogP contribution is -2.56. The van der Waals surface area contributed by atoms with E-state index in [0.717, 1.165) is 36.4 Å². The van der Waals surface area contributed by atoms with E-state index >= 15 is 0 Å². The largest absolute Gasteiger partial charge is 0.447 e. The van der Waals surface area contributed by atoms with Crippen LogP contribution in [0.1, 0.15) is 37.9 Å². The molecule has 1 saturated carbocycles. The fourth-order valence-electron chi connectivity index (χ4n) is 4.22. The van der Waals surface area contributed by atoms with E-state index in [2.05, 4.69) is 20.2 Å². The lowest BCUT2D eigenvalue weighted by Gasteiger charge is -2.41. The van der Waals surface area contributed by atoms with E-state index in [0.29, 0.717) is 32.0 Å². The summed E-state index contributed by atoms with van der Waals surface area (Å²) in [6, 6.07) is 3.75. The molecule has 34 heavy (non-hydrogen) atoms. The number of sulfone groups is 1. The van der Waals surface area contributed by atoms with Crippen molar-refractivity contribution in [3.63, 3.8) is 0 Å². The van der Waals surface area contributed by atoms with Gasteiger partial charge < -0.3 is 15.0 Å². The lowest BCUT2D eigenvalue weighted by molar-refractivity contribution is 0.0258. The van der Waals surface area contributed by atoms with Crippen molar-refractivity contribution in [1.29, 1.82) is 0 Å². The number of nitrogens with zero attached hydrogens (tertiary/aromatic N) is 4. The highest BCUT2D eigenvalue weighted by Crippen LogP contribution is 2.45. The Balaban J connectivity index is 1.48. The molecule has 1 saturated heterocycles. The first kappa shape index (κ1) is 24.3. The first-order chi connectivity index (χ1) is 16.0. The molecule has 0 bridgehead atoms. The number of nitrogens with one attached hydrogen (secondary N) is 1. The standard InChI is InChI=1S/C23H30FN5O4S/c1-15(2)33-22(30)28-9-10-29(23(13-28)7-8-23)12-20-16(3)21(26-14-25-20)27-19-6-5-17(11-18(19)24)34(4,31)32/h5-6,11,14-15H,7-10,12-13H2,1-4H3,(H,25,26,27). The van der Waals surface area contributed by atoms with Crippen LogP contribution in [-0.4, -0.2) is 71.8 Å². The maximum Gasteiger partial charge on any atom is 0.410 e. The van der Waals surface area contributed by atoms with Crippen molar-refractivity contribution in [1.82, 2.24) is 19.8 Å². The van der Waals surface area contributed by atoms with E-state index in [1.54, 1.807) is 4.90 Å². The van der Waals surface area contributed by atoms with Crippen molar-refractivity contribution in [3.8, 4) is 0 Å². The van der Waals surface area contributed by atoms with Crippen LogP contribution in [0.5, 0.6) is 0 Å². The third kappa shape index (κ3) is 5.15. The highest BCUT2D eigenvalue weighted by molar-refractivity contribution is 7.90. The number of ether oxygens (including phenoxy) is 1. The Hall–Kier alpha value is -2.79. The zero-order chi connectivity index (χ0) is 24.7. The molecular weight excluding hydrogens is 461 g/mol. The summed E-state index contributed by atoms with van der Waals surface area (Å²) in [7, 11) is -3.50. The van der Waals surface area contributed by atoms with Crippen LogP contribution in [0.2, 0.25) is 0 Å². The van der Waals surface area contributed by atoms with Crippen molar-refractivity contribution >= 4 is 27.4 Å². The Kier molecular flexibility index (Phi) is 6.52. The number of hydrogen-bond acceptors (Lipinski definition) is 8. The van der Waals surface area contributed by atoms with Gasteiger partial charge in [0.15, 0.2) is 9.84 Å². The van der Waals surface area contributed by atoms with Crippen LogP contribution in [0, 0.1) is 12.7 Å². The molecule has 2 aromatic rings. The van der Waals surface area contributed by atoms with Gasteiger partial charge in [-0.2, -0.15) is 0 Å². The molecule has 1 spiro atoms. The summed E-state index contributed by atoms with van der Waals surface area (Å²) in [6.07, 6.45) is 4.06. The van der Waals surface area contributed by atoms with Crippen molar-refractivity contribution in [2.45, 2.75) is 56.7 Å². The number of carbonyl (C=O) groups is 1. The number of benzene rings is 1. The Morgan fingerprint density at radius 1 is 1.26 bits per heavy atom. The Labute approximate surface area is 199 Å². The molecule has 0 radical (unpaired) electrons. The SMILES string of the molecule is Cc1c(CN2CCN(C(=O)OC(C)C)CC23CC3)ncnc1Nc1ccc(S(C)(=O)=O)cc1F. The van der Waals surface area contributed by atoms with Gasteiger partial charge in [-0.1, -0.05) is 0 Å². The van der Waals surface area contributed by atoms with E-state index in [1.807, 2.05) is 20.8 Å². The number of hydrogen-bond donors (Lipinski definition) is 1. The minimum Gasteiger partial charge on any atom is -0.447 e. The summed E-state index contributed by atoms with van der Waals surface area (Å²) < 4.78 is 43.2. The van der Waals surface area contributed by atoms with Crippen LogP contribution in [0.4, 0.5) is 20.7 Å². The molecule has 1 aromatic carbocycles.